The summed E-state index contributed by atoms with van der Waals surface area (Å²) in [7, 11) is 0. The van der Waals surface area contributed by atoms with Crippen LogP contribution in [0.3, 0.4) is 0 Å². The highest BCUT2D eigenvalue weighted by atomic mass is 35.5. The molecule has 0 aliphatic carbocycles. The predicted molar refractivity (Wildman–Crippen MR) is 67.6 cm³/mol. The molecular weight excluding hydrogens is 236 g/mol. The summed E-state index contributed by atoms with van der Waals surface area (Å²) in [6, 6.07) is 8.18. The fraction of sp³-hybridized carbons (Fsp3) is 0.571. The Balaban J connectivity index is 2.07. The Labute approximate surface area is 107 Å². The normalized spacial score (nSPS) is 36.4. The van der Waals surface area contributed by atoms with Gasteiger partial charge >= 0.3 is 0 Å². The van der Waals surface area contributed by atoms with Gasteiger partial charge in [-0.2, -0.15) is 0 Å². The van der Waals surface area contributed by atoms with Crippen LogP contribution in [0.4, 0.5) is 0 Å². The topological polar surface area (TPSA) is 18.5 Å². The fourth-order valence-corrected chi connectivity index (χ4v) is 3.27. The lowest BCUT2D eigenvalue weighted by Crippen LogP contribution is -2.47. The average molecular weight is 253 g/mol. The molecule has 2 nitrogen and oxygen atoms in total. The lowest BCUT2D eigenvalue weighted by Gasteiger charge is -2.47. The van der Waals surface area contributed by atoms with E-state index in [0.717, 1.165) is 25.2 Å². The molecule has 3 atom stereocenters. The van der Waals surface area contributed by atoms with Crippen LogP contribution in [0.2, 0.25) is 0 Å². The zero-order chi connectivity index (χ0) is 11.9. The Morgan fingerprint density at radius 1 is 1.35 bits per heavy atom. The number of halogens is 1. The molecule has 3 rings (SSSR count). The van der Waals surface area contributed by atoms with Crippen LogP contribution in [-0.2, 0) is 10.3 Å². The van der Waals surface area contributed by atoms with Crippen molar-refractivity contribution >= 4 is 11.6 Å². The first kappa shape index (κ1) is 11.4. The van der Waals surface area contributed by atoms with E-state index < -0.39 is 0 Å². The van der Waals surface area contributed by atoms with Gasteiger partial charge in [-0.3, -0.25) is 0 Å². The molecule has 1 saturated heterocycles. The number of para-hydroxylation sites is 1. The van der Waals surface area contributed by atoms with Crippen molar-refractivity contribution in [1.29, 1.82) is 0 Å². The molecule has 0 bridgehead atoms. The molecule has 17 heavy (non-hydrogen) atoms. The molecule has 2 aliphatic rings. The Morgan fingerprint density at radius 2 is 2.18 bits per heavy atom. The van der Waals surface area contributed by atoms with Crippen LogP contribution in [0.1, 0.15) is 25.3 Å². The van der Waals surface area contributed by atoms with Gasteiger partial charge in [0.2, 0.25) is 0 Å². The molecule has 0 amide bonds. The monoisotopic (exact) mass is 252 g/mol. The van der Waals surface area contributed by atoms with Crippen LogP contribution >= 0.6 is 11.6 Å². The van der Waals surface area contributed by atoms with E-state index in [0.29, 0.717) is 12.5 Å². The molecule has 92 valence electrons. The highest BCUT2D eigenvalue weighted by Gasteiger charge is 2.47. The van der Waals surface area contributed by atoms with Crippen molar-refractivity contribution in [2.24, 2.45) is 5.92 Å². The lowest BCUT2D eigenvalue weighted by molar-refractivity contribution is -0.136. The van der Waals surface area contributed by atoms with Crippen LogP contribution in [-0.4, -0.2) is 18.6 Å². The largest absolute Gasteiger partial charge is 0.493 e. The third-order valence-corrected chi connectivity index (χ3v) is 4.32. The maximum Gasteiger partial charge on any atom is 0.125 e. The maximum atomic E-state index is 6.35. The number of alkyl halides is 1. The van der Waals surface area contributed by atoms with Gasteiger partial charge in [0.1, 0.15) is 11.4 Å². The van der Waals surface area contributed by atoms with Crippen LogP contribution < -0.4 is 4.74 Å². The molecule has 1 aromatic rings. The van der Waals surface area contributed by atoms with Gasteiger partial charge in [0.15, 0.2) is 0 Å². The van der Waals surface area contributed by atoms with Gasteiger partial charge in [0, 0.05) is 23.5 Å². The molecule has 1 aromatic carbocycles. The number of benzene rings is 1. The number of fused-ring (bicyclic) bond motifs is 2. The fourth-order valence-electron chi connectivity index (χ4n) is 2.95. The smallest absolute Gasteiger partial charge is 0.125 e. The minimum absolute atomic E-state index is 0.206. The second-order valence-corrected chi connectivity index (χ2v) is 5.65. The van der Waals surface area contributed by atoms with Crippen LogP contribution in [0.5, 0.6) is 5.75 Å². The number of hydrogen-bond acceptors (Lipinski definition) is 2. The SMILES string of the molecule is CC1COc2ccccc2C12CC(Cl)CCO2. The minimum Gasteiger partial charge on any atom is -0.493 e. The quantitative estimate of drug-likeness (QED) is 0.660. The Hall–Kier alpha value is -0.730. The van der Waals surface area contributed by atoms with Gasteiger partial charge in [-0.25, -0.2) is 0 Å². The zero-order valence-corrected chi connectivity index (χ0v) is 10.7. The van der Waals surface area contributed by atoms with Crippen LogP contribution in [0, 0.1) is 5.92 Å². The second kappa shape index (κ2) is 4.18. The first-order valence-corrected chi connectivity index (χ1v) is 6.66. The third kappa shape index (κ3) is 1.74. The van der Waals surface area contributed by atoms with Crippen molar-refractivity contribution in [2.75, 3.05) is 13.2 Å². The summed E-state index contributed by atoms with van der Waals surface area (Å²) in [4.78, 5) is 0. The van der Waals surface area contributed by atoms with Gasteiger partial charge < -0.3 is 9.47 Å². The second-order valence-electron chi connectivity index (χ2n) is 5.04. The summed E-state index contributed by atoms with van der Waals surface area (Å²) in [5.74, 6) is 1.30. The van der Waals surface area contributed by atoms with E-state index in [9.17, 15) is 0 Å². The highest BCUT2D eigenvalue weighted by Crippen LogP contribution is 2.48. The summed E-state index contributed by atoms with van der Waals surface area (Å²) in [6.45, 7) is 3.64. The summed E-state index contributed by atoms with van der Waals surface area (Å²) in [5, 5.41) is 0.206. The standard InChI is InChI=1S/C14H17ClO2/c1-10-9-16-13-5-3-2-4-12(13)14(10)8-11(15)6-7-17-14/h2-5,10-11H,6-9H2,1H3. The van der Waals surface area contributed by atoms with Crippen molar-refractivity contribution < 1.29 is 9.47 Å². The van der Waals surface area contributed by atoms with E-state index in [1.807, 2.05) is 18.2 Å². The molecule has 2 aliphatic heterocycles. The van der Waals surface area contributed by atoms with Crippen LogP contribution in [0.15, 0.2) is 24.3 Å². The minimum atomic E-state index is -0.237. The maximum absolute atomic E-state index is 6.35. The summed E-state index contributed by atoms with van der Waals surface area (Å²) in [5.41, 5.74) is 0.934. The predicted octanol–water partition coefficient (Wildman–Crippen LogP) is 3.33. The van der Waals surface area contributed by atoms with Crippen molar-refractivity contribution in [3.05, 3.63) is 29.8 Å². The number of hydrogen-bond donors (Lipinski definition) is 0. The van der Waals surface area contributed by atoms with Gasteiger partial charge in [0.25, 0.3) is 0 Å². The van der Waals surface area contributed by atoms with Crippen molar-refractivity contribution in [3.8, 4) is 5.75 Å². The third-order valence-electron chi connectivity index (χ3n) is 3.94. The average Bonchev–Trinajstić information content (AvgIpc) is 2.35. The number of ether oxygens (including phenoxy) is 2. The Bertz CT molecular complexity index is 420. The summed E-state index contributed by atoms with van der Waals surface area (Å²) < 4.78 is 11.9. The molecule has 3 unspecified atom stereocenters. The van der Waals surface area contributed by atoms with Gasteiger partial charge in [-0.15, -0.1) is 11.6 Å². The van der Waals surface area contributed by atoms with Gasteiger partial charge in [-0.1, -0.05) is 25.1 Å². The summed E-state index contributed by atoms with van der Waals surface area (Å²) >= 11 is 6.35. The molecule has 1 spiro atoms. The highest BCUT2D eigenvalue weighted by molar-refractivity contribution is 6.20. The molecule has 0 saturated carbocycles. The lowest BCUT2D eigenvalue weighted by atomic mass is 9.75. The van der Waals surface area contributed by atoms with E-state index in [4.69, 9.17) is 21.1 Å². The molecule has 3 heteroatoms. The molecular formula is C14H17ClO2. The van der Waals surface area contributed by atoms with E-state index in [1.54, 1.807) is 0 Å². The zero-order valence-electron chi connectivity index (χ0n) is 9.99. The molecule has 0 aromatic heterocycles. The van der Waals surface area contributed by atoms with Crippen LogP contribution in [0.25, 0.3) is 0 Å². The van der Waals surface area contributed by atoms with Crippen molar-refractivity contribution in [1.82, 2.24) is 0 Å². The molecule has 1 fully saturated rings. The molecule has 2 heterocycles. The van der Waals surface area contributed by atoms with E-state index in [-0.39, 0.29) is 11.0 Å². The van der Waals surface area contributed by atoms with Crippen molar-refractivity contribution in [2.45, 2.75) is 30.7 Å². The van der Waals surface area contributed by atoms with Crippen molar-refractivity contribution in [3.63, 3.8) is 0 Å². The van der Waals surface area contributed by atoms with Gasteiger partial charge in [-0.05, 0) is 18.9 Å². The van der Waals surface area contributed by atoms with E-state index >= 15 is 0 Å². The molecule has 0 radical (unpaired) electrons. The number of rotatable bonds is 0. The van der Waals surface area contributed by atoms with Gasteiger partial charge in [0.05, 0.1) is 6.61 Å². The Kier molecular flexibility index (Phi) is 2.80. The first-order valence-electron chi connectivity index (χ1n) is 6.23. The first-order chi connectivity index (χ1) is 8.22. The Morgan fingerprint density at radius 3 is 3.00 bits per heavy atom. The van der Waals surface area contributed by atoms with E-state index in [1.165, 1.54) is 5.56 Å². The van der Waals surface area contributed by atoms with E-state index in [2.05, 4.69) is 13.0 Å². The molecule has 0 N–H and O–H groups in total. The summed E-state index contributed by atoms with van der Waals surface area (Å²) in [6.07, 6.45) is 1.83.